The summed E-state index contributed by atoms with van der Waals surface area (Å²) in [7, 11) is -8.29. The Kier molecular flexibility index (Phi) is 7.54. The summed E-state index contributed by atoms with van der Waals surface area (Å²) in [4.78, 5) is 13.8. The first-order valence-corrected chi connectivity index (χ1v) is 14.4. The molecule has 1 heterocycles. The van der Waals surface area contributed by atoms with E-state index >= 15 is 0 Å². The largest absolute Gasteiger partial charge is 0.339 e. The minimum absolute atomic E-state index is 0.0347. The Balaban J connectivity index is 1.67. The molecule has 0 unspecified atom stereocenters. The van der Waals surface area contributed by atoms with Crippen molar-refractivity contribution in [1.29, 1.82) is 0 Å². The maximum absolute atomic E-state index is 13.0. The second-order valence-corrected chi connectivity index (χ2v) is 11.8. The van der Waals surface area contributed by atoms with E-state index in [2.05, 4.69) is 19.4 Å². The van der Waals surface area contributed by atoms with Gasteiger partial charge in [0.2, 0.25) is 0 Å². The zero-order valence-corrected chi connectivity index (χ0v) is 21.7. The molecular formula is C22H16ClN5O6S3. The summed E-state index contributed by atoms with van der Waals surface area (Å²) in [6, 6.07) is 16.9. The fourth-order valence-corrected chi connectivity index (χ4v) is 5.98. The highest BCUT2D eigenvalue weighted by molar-refractivity contribution is 7.93. The Morgan fingerprint density at radius 3 is 2.27 bits per heavy atom. The standard InChI is InChI=1S/C22H16ClN5O6S3/c23-19-11-10-18(14-20(19)28(29)30)37(33,34)26-21(15-4-2-1-3-5-15)25-16-6-8-17(9-7-16)36(31,32)27-22-24-12-13-35-22/h1-14H,(H,24,27)(H,25,26). The van der Waals surface area contributed by atoms with Crippen molar-refractivity contribution in [3.8, 4) is 0 Å². The van der Waals surface area contributed by atoms with Crippen LogP contribution in [-0.4, -0.2) is 32.6 Å². The summed E-state index contributed by atoms with van der Waals surface area (Å²) in [6.07, 6.45) is 1.47. The molecule has 0 fully saturated rings. The lowest BCUT2D eigenvalue weighted by molar-refractivity contribution is -0.384. The van der Waals surface area contributed by atoms with Gasteiger partial charge in [0, 0.05) is 28.9 Å². The van der Waals surface area contributed by atoms with E-state index in [4.69, 9.17) is 11.6 Å². The number of hydrogen-bond acceptors (Lipinski definition) is 8. The molecule has 0 saturated carbocycles. The van der Waals surface area contributed by atoms with Gasteiger partial charge in [-0.15, -0.1) is 15.7 Å². The fraction of sp³-hybridized carbons (Fsp3) is 0. The van der Waals surface area contributed by atoms with Crippen molar-refractivity contribution in [2.45, 2.75) is 9.79 Å². The molecular weight excluding hydrogens is 562 g/mol. The smallest absolute Gasteiger partial charge is 0.289 e. The molecule has 0 aliphatic carbocycles. The molecule has 0 spiro atoms. The Bertz CT molecular complexity index is 1680. The highest BCUT2D eigenvalue weighted by Crippen LogP contribution is 2.28. The molecule has 3 aromatic carbocycles. The molecule has 11 nitrogen and oxygen atoms in total. The van der Waals surface area contributed by atoms with Gasteiger partial charge in [-0.3, -0.25) is 14.8 Å². The number of anilines is 2. The monoisotopic (exact) mass is 577 g/mol. The lowest BCUT2D eigenvalue weighted by Crippen LogP contribution is -2.17. The van der Waals surface area contributed by atoms with E-state index in [0.717, 1.165) is 29.5 Å². The second-order valence-electron chi connectivity index (χ2n) is 7.24. The van der Waals surface area contributed by atoms with E-state index in [1.54, 1.807) is 35.7 Å². The highest BCUT2D eigenvalue weighted by Gasteiger charge is 2.22. The predicted molar refractivity (Wildman–Crippen MR) is 141 cm³/mol. The maximum Gasteiger partial charge on any atom is 0.289 e. The van der Waals surface area contributed by atoms with Gasteiger partial charge >= 0.3 is 0 Å². The fourth-order valence-electron chi connectivity index (χ4n) is 3.01. The van der Waals surface area contributed by atoms with Crippen molar-refractivity contribution < 1.29 is 21.8 Å². The summed E-state index contributed by atoms with van der Waals surface area (Å²) < 4.78 is 57.5. The van der Waals surface area contributed by atoms with Gasteiger partial charge in [-0.05, 0) is 36.4 Å². The Morgan fingerprint density at radius 2 is 1.65 bits per heavy atom. The zero-order valence-electron chi connectivity index (χ0n) is 18.5. The number of rotatable bonds is 8. The molecule has 0 aliphatic heterocycles. The number of nitrogens with zero attached hydrogens (tertiary/aromatic N) is 3. The van der Waals surface area contributed by atoms with Crippen LogP contribution in [0.3, 0.4) is 0 Å². The lowest BCUT2D eigenvalue weighted by atomic mass is 10.2. The topological polar surface area (TPSA) is 161 Å². The average Bonchev–Trinajstić information content (AvgIpc) is 3.37. The van der Waals surface area contributed by atoms with Gasteiger partial charge in [0.05, 0.1) is 14.7 Å². The average molecular weight is 578 g/mol. The molecule has 0 amide bonds. The molecule has 0 bridgehead atoms. The number of thiazole rings is 1. The first kappa shape index (κ1) is 26.2. The summed E-state index contributed by atoms with van der Waals surface area (Å²) >= 11 is 6.93. The number of nitrogens with one attached hydrogen (secondary N) is 2. The Labute approximate surface area is 220 Å². The number of halogens is 1. The van der Waals surface area contributed by atoms with E-state index in [-0.39, 0.29) is 20.9 Å². The van der Waals surface area contributed by atoms with Crippen molar-refractivity contribution in [3.05, 3.63) is 105 Å². The van der Waals surface area contributed by atoms with E-state index in [0.29, 0.717) is 11.3 Å². The van der Waals surface area contributed by atoms with Gasteiger partial charge in [0.1, 0.15) is 5.02 Å². The minimum Gasteiger partial charge on any atom is -0.339 e. The predicted octanol–water partition coefficient (Wildman–Crippen LogP) is 4.75. The quantitative estimate of drug-likeness (QED) is 0.131. The van der Waals surface area contributed by atoms with Crippen LogP contribution in [0.15, 0.2) is 98.6 Å². The van der Waals surface area contributed by atoms with Crippen LogP contribution in [0.5, 0.6) is 0 Å². The maximum atomic E-state index is 13.0. The summed E-state index contributed by atoms with van der Waals surface area (Å²) in [6.45, 7) is 0. The number of nitro groups is 1. The zero-order chi connectivity index (χ0) is 26.6. The molecule has 190 valence electrons. The Morgan fingerprint density at radius 1 is 0.973 bits per heavy atom. The second kappa shape index (κ2) is 10.6. The molecule has 4 rings (SSSR count). The van der Waals surface area contributed by atoms with Crippen LogP contribution in [0.1, 0.15) is 5.56 Å². The van der Waals surface area contributed by atoms with Gasteiger partial charge in [0.25, 0.3) is 25.7 Å². The molecule has 0 aliphatic rings. The first-order valence-electron chi connectivity index (χ1n) is 10.2. The number of amidine groups is 1. The van der Waals surface area contributed by atoms with Crippen molar-refractivity contribution >= 4 is 65.3 Å². The number of nitro benzene ring substituents is 1. The number of hydrogen-bond donors (Lipinski definition) is 2. The number of sulfonamides is 2. The summed E-state index contributed by atoms with van der Waals surface area (Å²) in [5.74, 6) is -0.0882. The molecule has 2 N–H and O–H groups in total. The number of aromatic nitrogens is 1. The van der Waals surface area contributed by atoms with E-state index in [1.165, 1.54) is 30.5 Å². The first-order chi connectivity index (χ1) is 17.5. The highest BCUT2D eigenvalue weighted by atomic mass is 35.5. The van der Waals surface area contributed by atoms with E-state index in [9.17, 15) is 26.9 Å². The van der Waals surface area contributed by atoms with Gasteiger partial charge in [0.15, 0.2) is 11.0 Å². The summed E-state index contributed by atoms with van der Waals surface area (Å²) in [5, 5.41) is 15.7. The van der Waals surface area contributed by atoms with E-state index in [1.807, 2.05) is 0 Å². The van der Waals surface area contributed by atoms with Gasteiger partial charge in [-0.1, -0.05) is 41.9 Å². The van der Waals surface area contributed by atoms with Crippen molar-refractivity contribution in [3.63, 3.8) is 0 Å². The third-order valence-corrected chi connectivity index (χ3v) is 8.52. The lowest BCUT2D eigenvalue weighted by Gasteiger charge is -2.12. The van der Waals surface area contributed by atoms with Gasteiger partial charge in [-0.25, -0.2) is 13.4 Å². The van der Waals surface area contributed by atoms with Crippen LogP contribution in [0.4, 0.5) is 16.5 Å². The van der Waals surface area contributed by atoms with Crippen molar-refractivity contribution in [1.82, 2.24) is 4.98 Å². The molecule has 4 aromatic rings. The van der Waals surface area contributed by atoms with Crippen LogP contribution in [0, 0.1) is 10.1 Å². The molecule has 15 heteroatoms. The third kappa shape index (κ3) is 6.29. The van der Waals surface area contributed by atoms with Crippen LogP contribution in [-0.2, 0) is 20.0 Å². The molecule has 0 saturated heterocycles. The van der Waals surface area contributed by atoms with Crippen LogP contribution in [0.25, 0.3) is 0 Å². The van der Waals surface area contributed by atoms with Crippen molar-refractivity contribution in [2.24, 2.45) is 4.40 Å². The minimum atomic E-state index is -4.41. The molecule has 1 aromatic heterocycles. The van der Waals surface area contributed by atoms with Gasteiger partial charge < -0.3 is 5.32 Å². The third-order valence-electron chi connectivity index (χ3n) is 4.75. The molecule has 37 heavy (non-hydrogen) atoms. The normalized spacial score (nSPS) is 12.2. The van der Waals surface area contributed by atoms with Gasteiger partial charge in [-0.2, -0.15) is 8.42 Å². The number of benzene rings is 3. The summed E-state index contributed by atoms with van der Waals surface area (Å²) in [5.41, 5.74) is 0.167. The van der Waals surface area contributed by atoms with E-state index < -0.39 is 35.6 Å². The van der Waals surface area contributed by atoms with Crippen LogP contribution in [0.2, 0.25) is 5.02 Å². The molecule has 0 radical (unpaired) electrons. The molecule has 0 atom stereocenters. The SMILES string of the molecule is O=[N+]([O-])c1cc(S(=O)(=O)/N=C(/Nc2ccc(S(=O)(=O)Nc3nccs3)cc2)c2ccccc2)ccc1Cl. The Hall–Kier alpha value is -3.85. The van der Waals surface area contributed by atoms with Crippen LogP contribution < -0.4 is 10.0 Å². The van der Waals surface area contributed by atoms with Crippen molar-refractivity contribution in [2.75, 3.05) is 10.0 Å². The van der Waals surface area contributed by atoms with Crippen LogP contribution >= 0.6 is 22.9 Å².